The largest absolute Gasteiger partial charge is 0.373 e. The first-order valence-electron chi connectivity index (χ1n) is 16.0. The van der Waals surface area contributed by atoms with E-state index in [0.29, 0.717) is 0 Å². The number of anilines is 3. The Bertz CT molecular complexity index is 1990. The Kier molecular flexibility index (Phi) is 9.61. The lowest BCUT2D eigenvalue weighted by Crippen LogP contribution is -2.20. The van der Waals surface area contributed by atoms with Gasteiger partial charge in [0, 0.05) is 71.8 Å². The van der Waals surface area contributed by atoms with E-state index < -0.39 is 0 Å². The summed E-state index contributed by atoms with van der Waals surface area (Å²) >= 11 is 1.73. The summed E-state index contributed by atoms with van der Waals surface area (Å²) in [6.07, 6.45) is 8.82. The highest BCUT2D eigenvalue weighted by molar-refractivity contribution is 7.18. The van der Waals surface area contributed by atoms with E-state index in [1.54, 1.807) is 11.3 Å². The molecular weight excluding hydrogens is 593 g/mol. The minimum absolute atomic E-state index is 0.721. The highest BCUT2D eigenvalue weighted by Gasteiger charge is 2.27. The van der Waals surface area contributed by atoms with Crippen molar-refractivity contribution in [2.45, 2.75) is 13.8 Å². The maximum absolute atomic E-state index is 8.38. The van der Waals surface area contributed by atoms with Crippen molar-refractivity contribution in [3.63, 3.8) is 0 Å². The van der Waals surface area contributed by atoms with E-state index in [9.17, 15) is 0 Å². The van der Waals surface area contributed by atoms with Crippen LogP contribution in [0.3, 0.4) is 0 Å². The molecule has 4 nitrogen and oxygen atoms in total. The molecule has 0 atom stereocenters. The molecule has 0 unspecified atom stereocenters. The number of para-hydroxylation sites is 2. The van der Waals surface area contributed by atoms with Gasteiger partial charge >= 0.3 is 0 Å². The van der Waals surface area contributed by atoms with Gasteiger partial charge in [-0.2, -0.15) is 4.58 Å². The van der Waals surface area contributed by atoms with Gasteiger partial charge in [0.25, 0.3) is 0 Å². The van der Waals surface area contributed by atoms with Gasteiger partial charge in [-0.1, -0.05) is 78.9 Å². The van der Waals surface area contributed by atoms with Crippen molar-refractivity contribution < 1.29 is 4.58 Å². The first-order valence-corrected chi connectivity index (χ1v) is 16.9. The second-order valence-electron chi connectivity index (χ2n) is 11.4. The molecule has 232 valence electrons. The summed E-state index contributed by atoms with van der Waals surface area (Å²) < 4.78 is 2.20. The number of benzene rings is 4. The van der Waals surface area contributed by atoms with Crippen LogP contribution in [0.1, 0.15) is 24.3 Å². The van der Waals surface area contributed by atoms with E-state index in [-0.39, 0.29) is 0 Å². The summed E-state index contributed by atoms with van der Waals surface area (Å²) in [6, 6.07) is 40.1. The SMILES string of the molecule is [C-]#[N+]c1c(N(CC)CC)sc(C(=C2C=CC(=[N+](C)c3ccccc3)C=C2)c2ccc(N(C)c3ccccc3)cc2)c1-c1ccccc1. The number of rotatable bonds is 9. The maximum atomic E-state index is 8.38. The zero-order valence-corrected chi connectivity index (χ0v) is 28.2. The molecule has 4 aromatic carbocycles. The molecular formula is C42H39N4S+. The molecule has 0 bridgehead atoms. The van der Waals surface area contributed by atoms with Crippen LogP contribution in [0.5, 0.6) is 0 Å². The van der Waals surface area contributed by atoms with Gasteiger partial charge in [0.15, 0.2) is 0 Å². The third-order valence-electron chi connectivity index (χ3n) is 8.69. The van der Waals surface area contributed by atoms with Crippen molar-refractivity contribution in [2.24, 2.45) is 0 Å². The first-order chi connectivity index (χ1) is 23.0. The second-order valence-corrected chi connectivity index (χ2v) is 12.4. The van der Waals surface area contributed by atoms with Gasteiger partial charge in [0.05, 0.1) is 11.6 Å². The van der Waals surface area contributed by atoms with Crippen molar-refractivity contribution in [1.29, 1.82) is 0 Å². The van der Waals surface area contributed by atoms with Crippen LogP contribution in [0.25, 0.3) is 21.5 Å². The third-order valence-corrected chi connectivity index (χ3v) is 9.95. The Labute approximate surface area is 283 Å². The predicted octanol–water partition coefficient (Wildman–Crippen LogP) is 10.9. The Balaban J connectivity index is 1.56. The summed E-state index contributed by atoms with van der Waals surface area (Å²) in [5.74, 6) is 0. The molecule has 0 saturated carbocycles. The molecule has 0 aliphatic heterocycles. The lowest BCUT2D eigenvalue weighted by molar-refractivity contribution is -0.403. The number of thiophene rings is 1. The molecule has 1 aliphatic carbocycles. The van der Waals surface area contributed by atoms with E-state index in [0.717, 1.165) is 79.3 Å². The molecule has 6 rings (SSSR count). The van der Waals surface area contributed by atoms with Crippen LogP contribution in [-0.4, -0.2) is 37.5 Å². The number of hydrogen-bond acceptors (Lipinski definition) is 3. The quantitative estimate of drug-likeness (QED) is 0.119. The van der Waals surface area contributed by atoms with Gasteiger partial charge in [0.2, 0.25) is 17.1 Å². The zero-order valence-electron chi connectivity index (χ0n) is 27.4. The topological polar surface area (TPSA) is 13.8 Å². The Morgan fingerprint density at radius 3 is 1.85 bits per heavy atom. The predicted molar refractivity (Wildman–Crippen MR) is 202 cm³/mol. The normalized spacial score (nSPS) is 12.1. The lowest BCUT2D eigenvalue weighted by Gasteiger charge is -2.21. The monoisotopic (exact) mass is 631 g/mol. The van der Waals surface area contributed by atoms with Crippen molar-refractivity contribution in [3.8, 4) is 11.1 Å². The summed E-state index contributed by atoms with van der Waals surface area (Å²) in [5.41, 5.74) is 10.6. The van der Waals surface area contributed by atoms with Crippen molar-refractivity contribution >= 4 is 50.4 Å². The molecule has 0 N–H and O–H groups in total. The summed E-state index contributed by atoms with van der Waals surface area (Å²) in [6.45, 7) is 14.4. The average molecular weight is 632 g/mol. The molecule has 5 aromatic rings. The molecule has 1 heterocycles. The fraction of sp³-hybridized carbons (Fsp3) is 0.143. The first kappa shape index (κ1) is 31.5. The van der Waals surface area contributed by atoms with Gasteiger partial charge in [-0.3, -0.25) is 0 Å². The van der Waals surface area contributed by atoms with E-state index in [4.69, 9.17) is 6.57 Å². The minimum atomic E-state index is 0.721. The number of hydrogen-bond donors (Lipinski definition) is 0. The fourth-order valence-electron chi connectivity index (χ4n) is 6.02. The Hall–Kier alpha value is -5.44. The highest BCUT2D eigenvalue weighted by Crippen LogP contribution is 2.52. The Morgan fingerprint density at radius 2 is 1.28 bits per heavy atom. The van der Waals surface area contributed by atoms with E-state index >= 15 is 0 Å². The van der Waals surface area contributed by atoms with E-state index in [1.165, 1.54) is 0 Å². The minimum Gasteiger partial charge on any atom is -0.373 e. The highest BCUT2D eigenvalue weighted by atomic mass is 32.1. The molecule has 0 amide bonds. The molecule has 1 aliphatic rings. The van der Waals surface area contributed by atoms with Crippen LogP contribution in [-0.2, 0) is 0 Å². The van der Waals surface area contributed by atoms with Crippen LogP contribution >= 0.6 is 11.3 Å². The summed E-state index contributed by atoms with van der Waals surface area (Å²) in [4.78, 5) is 9.81. The fourth-order valence-corrected chi connectivity index (χ4v) is 7.50. The van der Waals surface area contributed by atoms with Crippen molar-refractivity contribution in [2.75, 3.05) is 37.0 Å². The maximum Gasteiger partial charge on any atom is 0.228 e. The molecule has 5 heteroatoms. The smallest absolute Gasteiger partial charge is 0.228 e. The van der Waals surface area contributed by atoms with Crippen LogP contribution < -0.4 is 9.80 Å². The summed E-state index contributed by atoms with van der Waals surface area (Å²) in [7, 11) is 4.20. The van der Waals surface area contributed by atoms with Crippen LogP contribution in [0.15, 0.2) is 145 Å². The molecule has 0 fully saturated rings. The molecule has 0 saturated heterocycles. The van der Waals surface area contributed by atoms with Gasteiger partial charge < -0.3 is 9.80 Å². The van der Waals surface area contributed by atoms with Crippen LogP contribution in [0.4, 0.5) is 27.8 Å². The number of nitrogens with zero attached hydrogens (tertiary/aromatic N) is 4. The summed E-state index contributed by atoms with van der Waals surface area (Å²) in [5, 5.41) is 1.03. The van der Waals surface area contributed by atoms with Gasteiger partial charge in [0.1, 0.15) is 7.05 Å². The number of allylic oxidation sites excluding steroid dienone is 5. The molecule has 47 heavy (non-hydrogen) atoms. The van der Waals surface area contributed by atoms with Gasteiger partial charge in [-0.05, 0) is 67.0 Å². The molecule has 1 aromatic heterocycles. The standard InChI is InChI=1S/C42H39N4S/c1-6-46(7-2)42-40(43-3)39(31-17-11-8-12-18-31)41(47-42)38(32-23-27-36(28-24-32)44(4)34-19-13-9-14-20-34)33-25-29-37(30-26-33)45(5)35-21-15-10-16-22-35/h8-30H,6-7H2,1-2,4-5H3/q+1. The van der Waals surface area contributed by atoms with Crippen LogP contribution in [0.2, 0.25) is 0 Å². The van der Waals surface area contributed by atoms with E-state index in [2.05, 4.69) is 169 Å². The third kappa shape index (κ3) is 6.47. The lowest BCUT2D eigenvalue weighted by atomic mass is 9.91. The van der Waals surface area contributed by atoms with E-state index in [1.807, 2.05) is 18.2 Å². The second kappa shape index (κ2) is 14.3. The van der Waals surface area contributed by atoms with Gasteiger partial charge in [-0.15, -0.1) is 11.3 Å². The van der Waals surface area contributed by atoms with Crippen LogP contribution in [0, 0.1) is 6.57 Å². The van der Waals surface area contributed by atoms with Crippen molar-refractivity contribution in [3.05, 3.63) is 167 Å². The van der Waals surface area contributed by atoms with Crippen molar-refractivity contribution in [1.82, 2.24) is 0 Å². The Morgan fingerprint density at radius 1 is 0.723 bits per heavy atom. The molecule has 0 radical (unpaired) electrons. The molecule has 0 spiro atoms. The van der Waals surface area contributed by atoms with Gasteiger partial charge in [-0.25, -0.2) is 4.85 Å². The zero-order chi connectivity index (χ0) is 32.8. The average Bonchev–Trinajstić information content (AvgIpc) is 3.52.